The lowest BCUT2D eigenvalue weighted by Crippen LogP contribution is -2.22. The van der Waals surface area contributed by atoms with Crippen LogP contribution in [0.5, 0.6) is 0 Å². The molecule has 0 fully saturated rings. The lowest BCUT2D eigenvalue weighted by molar-refractivity contribution is 0.130. The van der Waals surface area contributed by atoms with Crippen molar-refractivity contribution < 1.29 is 9.53 Å². The minimum atomic E-state index is -0.468. The Bertz CT molecular complexity index is 395. The molecule has 0 radical (unpaired) electrons. The van der Waals surface area contributed by atoms with Crippen LogP contribution in [0.3, 0.4) is 0 Å². The highest BCUT2D eigenvalue weighted by atomic mass is 16.6. The SMILES string of the molecule is CC(C)OC(=O)Nc1ncccc1C(C)(C)C. The monoisotopic (exact) mass is 236 g/mol. The number of aromatic nitrogens is 1. The molecular weight excluding hydrogens is 216 g/mol. The maximum atomic E-state index is 11.5. The fourth-order valence-electron chi connectivity index (χ4n) is 1.45. The van der Waals surface area contributed by atoms with Crippen LogP contribution >= 0.6 is 0 Å². The molecule has 0 saturated carbocycles. The first-order chi connectivity index (χ1) is 7.80. The van der Waals surface area contributed by atoms with Gasteiger partial charge in [-0.1, -0.05) is 26.8 Å². The Labute approximate surface area is 102 Å². The maximum absolute atomic E-state index is 11.5. The van der Waals surface area contributed by atoms with Gasteiger partial charge in [0.25, 0.3) is 0 Å². The molecule has 4 nitrogen and oxygen atoms in total. The van der Waals surface area contributed by atoms with Crippen LogP contribution in [0.2, 0.25) is 0 Å². The van der Waals surface area contributed by atoms with Gasteiger partial charge in [-0.2, -0.15) is 0 Å². The highest BCUT2D eigenvalue weighted by Gasteiger charge is 2.20. The number of nitrogens with zero attached hydrogens (tertiary/aromatic N) is 1. The van der Waals surface area contributed by atoms with Crippen molar-refractivity contribution in [2.75, 3.05) is 5.32 Å². The van der Waals surface area contributed by atoms with Crippen LogP contribution in [-0.2, 0) is 10.2 Å². The van der Waals surface area contributed by atoms with Crippen molar-refractivity contribution in [1.29, 1.82) is 0 Å². The number of rotatable bonds is 2. The van der Waals surface area contributed by atoms with E-state index in [9.17, 15) is 4.79 Å². The van der Waals surface area contributed by atoms with E-state index in [1.807, 2.05) is 26.0 Å². The summed E-state index contributed by atoms with van der Waals surface area (Å²) in [4.78, 5) is 15.7. The third-order valence-electron chi connectivity index (χ3n) is 2.18. The summed E-state index contributed by atoms with van der Waals surface area (Å²) in [6, 6.07) is 3.82. The lowest BCUT2D eigenvalue weighted by atomic mass is 9.87. The number of hydrogen-bond acceptors (Lipinski definition) is 3. The molecule has 0 bridgehead atoms. The van der Waals surface area contributed by atoms with Crippen molar-refractivity contribution in [3.63, 3.8) is 0 Å². The number of anilines is 1. The zero-order chi connectivity index (χ0) is 13.1. The first-order valence-corrected chi connectivity index (χ1v) is 5.74. The number of carbonyl (C=O) groups excluding carboxylic acids is 1. The molecule has 0 unspecified atom stereocenters. The fourth-order valence-corrected chi connectivity index (χ4v) is 1.45. The number of hydrogen-bond donors (Lipinski definition) is 1. The van der Waals surface area contributed by atoms with Gasteiger partial charge in [-0.15, -0.1) is 0 Å². The standard InChI is InChI=1S/C13H20N2O2/c1-9(2)17-12(16)15-11-10(13(3,4)5)7-6-8-14-11/h6-9H,1-5H3,(H,14,15,16). The molecular formula is C13H20N2O2. The molecule has 1 aromatic heterocycles. The largest absolute Gasteiger partial charge is 0.447 e. The van der Waals surface area contributed by atoms with Crippen LogP contribution < -0.4 is 5.32 Å². The molecule has 0 spiro atoms. The molecule has 1 N–H and O–H groups in total. The highest BCUT2D eigenvalue weighted by molar-refractivity contribution is 5.84. The molecule has 1 rings (SSSR count). The van der Waals surface area contributed by atoms with Gasteiger partial charge in [0, 0.05) is 11.8 Å². The molecule has 4 heteroatoms. The molecule has 0 saturated heterocycles. The first-order valence-electron chi connectivity index (χ1n) is 5.74. The second-order valence-corrected chi connectivity index (χ2v) is 5.23. The summed E-state index contributed by atoms with van der Waals surface area (Å²) in [6.45, 7) is 9.83. The van der Waals surface area contributed by atoms with Gasteiger partial charge in [-0.25, -0.2) is 9.78 Å². The van der Waals surface area contributed by atoms with Gasteiger partial charge in [0.15, 0.2) is 0 Å². The predicted octanol–water partition coefficient (Wildman–Crippen LogP) is 3.34. The Morgan fingerprint density at radius 1 is 1.41 bits per heavy atom. The van der Waals surface area contributed by atoms with Crippen LogP contribution in [0.25, 0.3) is 0 Å². The number of amides is 1. The Morgan fingerprint density at radius 3 is 2.59 bits per heavy atom. The van der Waals surface area contributed by atoms with Crippen molar-refractivity contribution in [1.82, 2.24) is 4.98 Å². The molecule has 1 aromatic rings. The number of carbonyl (C=O) groups is 1. The van der Waals surface area contributed by atoms with E-state index in [0.717, 1.165) is 5.56 Å². The Hall–Kier alpha value is -1.58. The summed E-state index contributed by atoms with van der Waals surface area (Å²) in [5, 5.41) is 2.68. The summed E-state index contributed by atoms with van der Waals surface area (Å²) in [7, 11) is 0. The predicted molar refractivity (Wildman–Crippen MR) is 68.2 cm³/mol. The van der Waals surface area contributed by atoms with Crippen LogP contribution in [-0.4, -0.2) is 17.2 Å². The van der Waals surface area contributed by atoms with E-state index in [0.29, 0.717) is 5.82 Å². The van der Waals surface area contributed by atoms with Gasteiger partial charge >= 0.3 is 6.09 Å². The quantitative estimate of drug-likeness (QED) is 0.856. The first kappa shape index (κ1) is 13.5. The van der Waals surface area contributed by atoms with Crippen molar-refractivity contribution in [2.45, 2.75) is 46.1 Å². The van der Waals surface area contributed by atoms with Crippen molar-refractivity contribution in [2.24, 2.45) is 0 Å². The number of ether oxygens (including phenoxy) is 1. The minimum absolute atomic E-state index is 0.0747. The smallest absolute Gasteiger partial charge is 0.413 e. The Morgan fingerprint density at radius 2 is 2.06 bits per heavy atom. The number of nitrogens with one attached hydrogen (secondary N) is 1. The van der Waals surface area contributed by atoms with Crippen LogP contribution in [0, 0.1) is 0 Å². The van der Waals surface area contributed by atoms with Crippen molar-refractivity contribution >= 4 is 11.9 Å². The molecule has 1 heterocycles. The maximum Gasteiger partial charge on any atom is 0.413 e. The van der Waals surface area contributed by atoms with Gasteiger partial charge in [0.05, 0.1) is 6.10 Å². The van der Waals surface area contributed by atoms with E-state index < -0.39 is 6.09 Å². The second kappa shape index (κ2) is 5.17. The minimum Gasteiger partial charge on any atom is -0.447 e. The van der Waals surface area contributed by atoms with Crippen molar-refractivity contribution in [3.8, 4) is 0 Å². The second-order valence-electron chi connectivity index (χ2n) is 5.23. The normalized spacial score (nSPS) is 11.4. The average Bonchev–Trinajstić information content (AvgIpc) is 2.15. The summed E-state index contributed by atoms with van der Waals surface area (Å²) >= 11 is 0. The summed E-state index contributed by atoms with van der Waals surface area (Å²) in [5.41, 5.74) is 0.912. The average molecular weight is 236 g/mol. The van der Waals surface area contributed by atoms with Gasteiger partial charge < -0.3 is 4.74 Å². The van der Waals surface area contributed by atoms with Crippen LogP contribution in [0.4, 0.5) is 10.6 Å². The van der Waals surface area contributed by atoms with E-state index >= 15 is 0 Å². The van der Waals surface area contributed by atoms with Gasteiger partial charge in [-0.3, -0.25) is 5.32 Å². The number of pyridine rings is 1. The summed E-state index contributed by atoms with van der Waals surface area (Å²) in [5.74, 6) is 0.561. The molecule has 94 valence electrons. The molecule has 0 aliphatic heterocycles. The third kappa shape index (κ3) is 4.06. The molecule has 0 aliphatic rings. The van der Waals surface area contributed by atoms with Gasteiger partial charge in [0.2, 0.25) is 0 Å². The highest BCUT2D eigenvalue weighted by Crippen LogP contribution is 2.27. The zero-order valence-corrected chi connectivity index (χ0v) is 11.1. The summed E-state index contributed by atoms with van der Waals surface area (Å²) in [6.07, 6.45) is 1.04. The lowest BCUT2D eigenvalue weighted by Gasteiger charge is -2.22. The van der Waals surface area contributed by atoms with Gasteiger partial charge in [-0.05, 0) is 25.3 Å². The van der Waals surface area contributed by atoms with Crippen LogP contribution in [0.15, 0.2) is 18.3 Å². The molecule has 17 heavy (non-hydrogen) atoms. The van der Waals surface area contributed by atoms with Gasteiger partial charge in [0.1, 0.15) is 5.82 Å². The molecule has 1 amide bonds. The topological polar surface area (TPSA) is 51.2 Å². The summed E-state index contributed by atoms with van der Waals surface area (Å²) < 4.78 is 5.03. The Kier molecular flexibility index (Phi) is 4.10. The van der Waals surface area contributed by atoms with E-state index in [1.165, 1.54) is 0 Å². The molecule has 0 aliphatic carbocycles. The zero-order valence-electron chi connectivity index (χ0n) is 11.1. The van der Waals surface area contributed by atoms with E-state index in [4.69, 9.17) is 4.74 Å². The molecule has 0 aromatic carbocycles. The van der Waals surface area contributed by atoms with E-state index in [-0.39, 0.29) is 11.5 Å². The fraction of sp³-hybridized carbons (Fsp3) is 0.538. The van der Waals surface area contributed by atoms with E-state index in [1.54, 1.807) is 6.20 Å². The van der Waals surface area contributed by atoms with Crippen LogP contribution in [0.1, 0.15) is 40.2 Å². The third-order valence-corrected chi connectivity index (χ3v) is 2.18. The molecule has 0 atom stereocenters. The Balaban J connectivity index is 2.88. The van der Waals surface area contributed by atoms with Crippen molar-refractivity contribution in [3.05, 3.63) is 23.9 Å². The van der Waals surface area contributed by atoms with E-state index in [2.05, 4.69) is 31.1 Å².